The summed E-state index contributed by atoms with van der Waals surface area (Å²) < 4.78 is 16.7. The smallest absolute Gasteiger partial charge is 0.161 e. The molecule has 106 valence electrons. The van der Waals surface area contributed by atoms with Gasteiger partial charge in [-0.05, 0) is 29.8 Å². The normalized spacial score (nSPS) is 13.4. The number of hydrogen-bond donors (Lipinski definition) is 1. The first kappa shape index (κ1) is 13.1. The quantitative estimate of drug-likeness (QED) is 0.909. The number of hydrogen-bond acceptors (Lipinski definition) is 4. The lowest BCUT2D eigenvalue weighted by atomic mass is 10.2. The number of ether oxygens (including phenoxy) is 2. The maximum Gasteiger partial charge on any atom is 0.161 e. The Balaban J connectivity index is 1.55. The van der Waals surface area contributed by atoms with Gasteiger partial charge in [0.15, 0.2) is 11.5 Å². The zero-order chi connectivity index (χ0) is 13.8. The molecule has 0 fully saturated rings. The van der Waals surface area contributed by atoms with Crippen LogP contribution in [0.1, 0.15) is 24.0 Å². The van der Waals surface area contributed by atoms with Gasteiger partial charge < -0.3 is 19.2 Å². The van der Waals surface area contributed by atoms with Gasteiger partial charge in [0, 0.05) is 13.0 Å². The van der Waals surface area contributed by atoms with Crippen LogP contribution in [-0.4, -0.2) is 13.2 Å². The van der Waals surface area contributed by atoms with E-state index in [2.05, 4.69) is 18.3 Å². The lowest BCUT2D eigenvalue weighted by molar-refractivity contribution is 0.171. The molecule has 1 aromatic carbocycles. The van der Waals surface area contributed by atoms with Gasteiger partial charge in [-0.25, -0.2) is 0 Å². The number of nitrogens with one attached hydrogen (secondary N) is 1. The molecule has 0 bridgehead atoms. The molecule has 2 aromatic rings. The van der Waals surface area contributed by atoms with E-state index in [1.165, 1.54) is 5.56 Å². The largest absolute Gasteiger partial charge is 0.486 e. The summed E-state index contributed by atoms with van der Waals surface area (Å²) >= 11 is 0. The van der Waals surface area contributed by atoms with Crippen molar-refractivity contribution in [1.82, 2.24) is 5.32 Å². The first-order valence-electron chi connectivity index (χ1n) is 7.02. The number of aryl methyl sites for hydroxylation is 1. The molecule has 1 aliphatic heterocycles. The molecule has 0 amide bonds. The molecule has 0 atom stereocenters. The molecular formula is C16H19NO3. The molecule has 1 aliphatic rings. The van der Waals surface area contributed by atoms with Crippen molar-refractivity contribution >= 4 is 0 Å². The van der Waals surface area contributed by atoms with E-state index in [1.807, 2.05) is 24.3 Å². The van der Waals surface area contributed by atoms with Crippen LogP contribution in [0.15, 0.2) is 34.7 Å². The second kappa shape index (κ2) is 6.01. The van der Waals surface area contributed by atoms with Gasteiger partial charge in [-0.3, -0.25) is 0 Å². The molecule has 1 aromatic heterocycles. The Kier molecular flexibility index (Phi) is 3.92. The predicted octanol–water partition coefficient (Wildman–Crippen LogP) is 2.90. The monoisotopic (exact) mass is 273 g/mol. The van der Waals surface area contributed by atoms with E-state index in [0.29, 0.717) is 13.2 Å². The average Bonchev–Trinajstić information content (AvgIpc) is 2.95. The number of furan rings is 1. The minimum absolute atomic E-state index is 0.621. The van der Waals surface area contributed by atoms with E-state index in [4.69, 9.17) is 13.9 Å². The molecule has 4 nitrogen and oxygen atoms in total. The van der Waals surface area contributed by atoms with Gasteiger partial charge in [0.25, 0.3) is 0 Å². The van der Waals surface area contributed by atoms with E-state index in [1.54, 1.807) is 0 Å². The van der Waals surface area contributed by atoms with Crippen molar-refractivity contribution in [3.63, 3.8) is 0 Å². The molecule has 1 N–H and O–H groups in total. The summed E-state index contributed by atoms with van der Waals surface area (Å²) in [5.74, 6) is 3.67. The number of fused-ring (bicyclic) bond motifs is 1. The third-order valence-electron chi connectivity index (χ3n) is 3.30. The van der Waals surface area contributed by atoms with E-state index in [0.717, 1.165) is 42.5 Å². The van der Waals surface area contributed by atoms with Crippen LogP contribution in [0.5, 0.6) is 11.5 Å². The maximum absolute atomic E-state index is 5.65. The fourth-order valence-electron chi connectivity index (χ4n) is 2.24. The highest BCUT2D eigenvalue weighted by molar-refractivity contribution is 5.43. The van der Waals surface area contributed by atoms with E-state index >= 15 is 0 Å². The first-order valence-corrected chi connectivity index (χ1v) is 7.02. The van der Waals surface area contributed by atoms with Gasteiger partial charge in [0.05, 0.1) is 6.54 Å². The zero-order valence-electron chi connectivity index (χ0n) is 11.6. The van der Waals surface area contributed by atoms with E-state index < -0.39 is 0 Å². The maximum atomic E-state index is 5.65. The van der Waals surface area contributed by atoms with Crippen LogP contribution in [0.2, 0.25) is 0 Å². The third kappa shape index (κ3) is 2.96. The van der Waals surface area contributed by atoms with Gasteiger partial charge in [-0.2, -0.15) is 0 Å². The van der Waals surface area contributed by atoms with Crippen molar-refractivity contribution in [2.24, 2.45) is 0 Å². The van der Waals surface area contributed by atoms with E-state index in [9.17, 15) is 0 Å². The Bertz CT molecular complexity index is 577. The van der Waals surface area contributed by atoms with Crippen LogP contribution in [0, 0.1) is 0 Å². The van der Waals surface area contributed by atoms with Gasteiger partial charge >= 0.3 is 0 Å². The van der Waals surface area contributed by atoms with E-state index in [-0.39, 0.29) is 0 Å². The lowest BCUT2D eigenvalue weighted by Crippen LogP contribution is -2.16. The van der Waals surface area contributed by atoms with Crippen molar-refractivity contribution in [2.45, 2.75) is 26.4 Å². The Morgan fingerprint density at radius 1 is 0.950 bits per heavy atom. The molecule has 4 heteroatoms. The fourth-order valence-corrected chi connectivity index (χ4v) is 2.24. The molecule has 0 radical (unpaired) electrons. The molecule has 0 spiro atoms. The average molecular weight is 273 g/mol. The van der Waals surface area contributed by atoms with Crippen molar-refractivity contribution in [3.05, 3.63) is 47.4 Å². The van der Waals surface area contributed by atoms with Gasteiger partial charge in [0.1, 0.15) is 24.7 Å². The number of rotatable bonds is 5. The highest BCUT2D eigenvalue weighted by Gasteiger charge is 2.11. The van der Waals surface area contributed by atoms with Crippen LogP contribution in [0.25, 0.3) is 0 Å². The minimum Gasteiger partial charge on any atom is -0.486 e. The Labute approximate surface area is 118 Å². The van der Waals surface area contributed by atoms with Crippen LogP contribution in [0.4, 0.5) is 0 Å². The van der Waals surface area contributed by atoms with Crippen LogP contribution < -0.4 is 14.8 Å². The summed E-state index contributed by atoms with van der Waals surface area (Å²) in [4.78, 5) is 0. The van der Waals surface area contributed by atoms with Crippen molar-refractivity contribution in [3.8, 4) is 11.5 Å². The highest BCUT2D eigenvalue weighted by Crippen LogP contribution is 2.30. The molecule has 0 saturated heterocycles. The second-order valence-corrected chi connectivity index (χ2v) is 4.80. The standard InChI is InChI=1S/C16H19NO3/c1-2-13-4-5-14(20-13)11-17-10-12-3-6-15-16(9-12)19-8-7-18-15/h3-6,9,17H,2,7-8,10-11H2,1H3. The van der Waals surface area contributed by atoms with Crippen molar-refractivity contribution in [2.75, 3.05) is 13.2 Å². The topological polar surface area (TPSA) is 43.6 Å². The first-order chi connectivity index (χ1) is 9.85. The molecular weight excluding hydrogens is 254 g/mol. The Morgan fingerprint density at radius 2 is 1.75 bits per heavy atom. The van der Waals surface area contributed by atoms with Gasteiger partial charge in [0.2, 0.25) is 0 Å². The Hall–Kier alpha value is -1.94. The van der Waals surface area contributed by atoms with Crippen LogP contribution in [0.3, 0.4) is 0 Å². The predicted molar refractivity (Wildman–Crippen MR) is 76.1 cm³/mol. The highest BCUT2D eigenvalue weighted by atomic mass is 16.6. The summed E-state index contributed by atoms with van der Waals surface area (Å²) in [6, 6.07) is 10.1. The molecule has 0 saturated carbocycles. The van der Waals surface area contributed by atoms with Gasteiger partial charge in [-0.1, -0.05) is 13.0 Å². The van der Waals surface area contributed by atoms with Crippen LogP contribution in [-0.2, 0) is 19.5 Å². The van der Waals surface area contributed by atoms with Gasteiger partial charge in [-0.15, -0.1) is 0 Å². The third-order valence-corrected chi connectivity index (χ3v) is 3.30. The molecule has 3 rings (SSSR count). The summed E-state index contributed by atoms with van der Waals surface area (Å²) in [7, 11) is 0. The van der Waals surface area contributed by atoms with Crippen LogP contribution >= 0.6 is 0 Å². The van der Waals surface area contributed by atoms with Crippen molar-refractivity contribution in [1.29, 1.82) is 0 Å². The molecule has 0 unspecified atom stereocenters. The fraction of sp³-hybridized carbons (Fsp3) is 0.375. The lowest BCUT2D eigenvalue weighted by Gasteiger charge is -2.18. The summed E-state index contributed by atoms with van der Waals surface area (Å²) in [6.45, 7) is 4.84. The zero-order valence-corrected chi connectivity index (χ0v) is 11.6. The summed E-state index contributed by atoms with van der Waals surface area (Å²) in [5.41, 5.74) is 1.18. The SMILES string of the molecule is CCc1ccc(CNCc2ccc3c(c2)OCCO3)o1. The Morgan fingerprint density at radius 3 is 2.55 bits per heavy atom. The summed E-state index contributed by atoms with van der Waals surface area (Å²) in [5, 5.41) is 3.37. The second-order valence-electron chi connectivity index (χ2n) is 4.80. The molecule has 2 heterocycles. The molecule has 20 heavy (non-hydrogen) atoms. The summed E-state index contributed by atoms with van der Waals surface area (Å²) in [6.07, 6.45) is 0.933. The molecule has 0 aliphatic carbocycles. The van der Waals surface area contributed by atoms with Crippen molar-refractivity contribution < 1.29 is 13.9 Å². The number of benzene rings is 1. The minimum atomic E-state index is 0.621.